The summed E-state index contributed by atoms with van der Waals surface area (Å²) in [5, 5.41) is 15.3. The molecular formula is C4H3N2O2S2. The average molecular weight is 175 g/mol. The predicted molar refractivity (Wildman–Crippen MR) is 38.1 cm³/mol. The summed E-state index contributed by atoms with van der Waals surface area (Å²) in [5.74, 6) is -1.04. The highest BCUT2D eigenvalue weighted by molar-refractivity contribution is 8.02. The van der Waals surface area contributed by atoms with Gasteiger partial charge in [0.2, 0.25) is 5.01 Å². The molecule has 53 valence electrons. The first-order valence-corrected chi connectivity index (χ1v) is 4.03. The van der Waals surface area contributed by atoms with E-state index in [0.717, 1.165) is 23.1 Å². The summed E-state index contributed by atoms with van der Waals surface area (Å²) in [6.45, 7) is 0. The molecule has 1 rings (SSSR count). The highest BCUT2D eigenvalue weighted by Gasteiger charge is 2.08. The maximum Gasteiger partial charge on any atom is 0.367 e. The van der Waals surface area contributed by atoms with E-state index in [2.05, 4.69) is 16.5 Å². The van der Waals surface area contributed by atoms with Gasteiger partial charge in [-0.15, -0.1) is 10.2 Å². The first kappa shape index (κ1) is 7.49. The van der Waals surface area contributed by atoms with Gasteiger partial charge in [-0.3, -0.25) is 0 Å². The maximum atomic E-state index is 10.2. The monoisotopic (exact) mass is 175 g/mol. The lowest BCUT2D eigenvalue weighted by Gasteiger charge is -1.78. The first-order valence-electron chi connectivity index (χ1n) is 2.23. The maximum absolute atomic E-state index is 10.2. The van der Waals surface area contributed by atoms with Gasteiger partial charge in [-0.2, -0.15) is 0 Å². The number of nitrogens with zero attached hydrogens (tertiary/aromatic N) is 2. The quantitative estimate of drug-likeness (QED) is 0.682. The molecule has 0 aliphatic heterocycles. The summed E-state index contributed by atoms with van der Waals surface area (Å²) in [6, 6.07) is 0. The fraction of sp³-hybridized carbons (Fsp3) is 0. The van der Waals surface area contributed by atoms with Gasteiger partial charge in [-0.25, -0.2) is 4.79 Å². The van der Waals surface area contributed by atoms with Gasteiger partial charge in [0, 0.05) is 6.26 Å². The molecule has 1 aromatic heterocycles. The SMILES string of the molecule is [CH2]Sc1nnc(C(=O)O)s1. The predicted octanol–water partition coefficient (Wildman–Crippen LogP) is 1.12. The molecule has 0 aliphatic carbocycles. The van der Waals surface area contributed by atoms with Crippen LogP contribution in [0.4, 0.5) is 0 Å². The zero-order valence-electron chi connectivity index (χ0n) is 4.77. The van der Waals surface area contributed by atoms with Crippen molar-refractivity contribution in [1.29, 1.82) is 0 Å². The second kappa shape index (κ2) is 2.98. The summed E-state index contributed by atoms with van der Waals surface area (Å²) >= 11 is 2.16. The van der Waals surface area contributed by atoms with Crippen LogP contribution in [0.3, 0.4) is 0 Å². The largest absolute Gasteiger partial charge is 0.476 e. The first-order chi connectivity index (χ1) is 4.74. The number of hydrogen-bond acceptors (Lipinski definition) is 5. The second-order valence-electron chi connectivity index (χ2n) is 1.32. The summed E-state index contributed by atoms with van der Waals surface area (Å²) in [6.07, 6.45) is 3.46. The van der Waals surface area contributed by atoms with E-state index in [1.807, 2.05) is 0 Å². The van der Waals surface area contributed by atoms with E-state index in [4.69, 9.17) is 5.11 Å². The molecule has 1 heterocycles. The van der Waals surface area contributed by atoms with E-state index in [-0.39, 0.29) is 5.01 Å². The fourth-order valence-corrected chi connectivity index (χ4v) is 1.34. The molecule has 0 saturated carbocycles. The van der Waals surface area contributed by atoms with Gasteiger partial charge in [-0.1, -0.05) is 23.1 Å². The van der Waals surface area contributed by atoms with Crippen molar-refractivity contribution in [3.63, 3.8) is 0 Å². The number of rotatable bonds is 2. The number of aromatic nitrogens is 2. The molecule has 0 atom stereocenters. The molecule has 6 heteroatoms. The summed E-state index contributed by atoms with van der Waals surface area (Å²) in [7, 11) is 0. The van der Waals surface area contributed by atoms with Crippen molar-refractivity contribution in [3.8, 4) is 0 Å². The van der Waals surface area contributed by atoms with E-state index >= 15 is 0 Å². The number of hydrogen-bond donors (Lipinski definition) is 1. The Hall–Kier alpha value is -0.620. The van der Waals surface area contributed by atoms with Crippen LogP contribution in [0.2, 0.25) is 0 Å². The Labute approximate surface area is 65.3 Å². The van der Waals surface area contributed by atoms with Crippen molar-refractivity contribution >= 4 is 29.1 Å². The summed E-state index contributed by atoms with van der Waals surface area (Å²) in [4.78, 5) is 10.2. The third-order valence-electron chi connectivity index (χ3n) is 0.713. The van der Waals surface area contributed by atoms with Crippen LogP contribution in [0.1, 0.15) is 9.80 Å². The smallest absolute Gasteiger partial charge is 0.367 e. The van der Waals surface area contributed by atoms with Crippen LogP contribution in [0.5, 0.6) is 0 Å². The van der Waals surface area contributed by atoms with E-state index < -0.39 is 5.97 Å². The van der Waals surface area contributed by atoms with Crippen LogP contribution in [-0.4, -0.2) is 21.3 Å². The van der Waals surface area contributed by atoms with Gasteiger partial charge >= 0.3 is 5.97 Å². The molecule has 1 radical (unpaired) electrons. The highest BCUT2D eigenvalue weighted by atomic mass is 32.2. The summed E-state index contributed by atoms with van der Waals surface area (Å²) in [5.41, 5.74) is 0. The Morgan fingerprint density at radius 1 is 1.70 bits per heavy atom. The van der Waals surface area contributed by atoms with Gasteiger partial charge in [0.1, 0.15) is 0 Å². The Balaban J connectivity index is 2.88. The molecule has 0 aliphatic rings. The lowest BCUT2D eigenvalue weighted by molar-refractivity contribution is 0.0695. The minimum absolute atomic E-state index is 0.00569. The van der Waals surface area contributed by atoms with Crippen LogP contribution in [-0.2, 0) is 0 Å². The molecule has 0 unspecified atom stereocenters. The van der Waals surface area contributed by atoms with Crippen molar-refractivity contribution in [2.45, 2.75) is 4.34 Å². The zero-order valence-corrected chi connectivity index (χ0v) is 6.41. The zero-order chi connectivity index (χ0) is 7.56. The van der Waals surface area contributed by atoms with Gasteiger partial charge in [-0.05, 0) is 0 Å². The van der Waals surface area contributed by atoms with Crippen LogP contribution >= 0.6 is 23.1 Å². The number of carboxylic acids is 1. The van der Waals surface area contributed by atoms with Gasteiger partial charge in [0.25, 0.3) is 0 Å². The third-order valence-corrected chi connectivity index (χ3v) is 2.35. The fourth-order valence-electron chi connectivity index (χ4n) is 0.355. The number of aromatic carboxylic acids is 1. The molecule has 0 aromatic carbocycles. The highest BCUT2D eigenvalue weighted by Crippen LogP contribution is 2.20. The van der Waals surface area contributed by atoms with Crippen LogP contribution < -0.4 is 0 Å². The molecule has 0 saturated heterocycles. The van der Waals surface area contributed by atoms with Gasteiger partial charge < -0.3 is 5.11 Å². The molecule has 10 heavy (non-hydrogen) atoms. The van der Waals surface area contributed by atoms with Crippen molar-refractivity contribution in [3.05, 3.63) is 11.3 Å². The molecule has 1 aromatic rings. The molecule has 4 nitrogen and oxygen atoms in total. The van der Waals surface area contributed by atoms with E-state index in [0.29, 0.717) is 4.34 Å². The van der Waals surface area contributed by atoms with Gasteiger partial charge in [0.05, 0.1) is 0 Å². The van der Waals surface area contributed by atoms with Crippen LogP contribution in [0, 0.1) is 6.26 Å². The molecule has 0 bridgehead atoms. The van der Waals surface area contributed by atoms with E-state index in [1.165, 1.54) is 0 Å². The van der Waals surface area contributed by atoms with Crippen LogP contribution in [0.25, 0.3) is 0 Å². The average Bonchev–Trinajstić information content (AvgIpc) is 2.34. The number of thioether (sulfide) groups is 1. The Kier molecular flexibility index (Phi) is 2.23. The standard InChI is InChI=1S/C4H3N2O2S2/c1-9-4-6-5-2(10-4)3(7)8/h1H2,(H,7,8). The van der Waals surface area contributed by atoms with Crippen LogP contribution in [0.15, 0.2) is 4.34 Å². The molecule has 1 N–H and O–H groups in total. The van der Waals surface area contributed by atoms with Crippen molar-refractivity contribution in [1.82, 2.24) is 10.2 Å². The Morgan fingerprint density at radius 2 is 2.40 bits per heavy atom. The molecule has 0 amide bonds. The number of carbonyl (C=O) groups is 1. The second-order valence-corrected chi connectivity index (χ2v) is 3.23. The third kappa shape index (κ3) is 1.45. The number of carboxylic acid groups (broad SMARTS) is 1. The van der Waals surface area contributed by atoms with Crippen molar-refractivity contribution in [2.24, 2.45) is 0 Å². The molecule has 0 spiro atoms. The lowest BCUT2D eigenvalue weighted by atomic mass is 10.7. The molecule has 0 fully saturated rings. The molecular weight excluding hydrogens is 172 g/mol. The summed E-state index contributed by atoms with van der Waals surface area (Å²) < 4.78 is 0.567. The van der Waals surface area contributed by atoms with Crippen molar-refractivity contribution in [2.75, 3.05) is 0 Å². The minimum atomic E-state index is -1.04. The normalized spacial score (nSPS) is 9.70. The van der Waals surface area contributed by atoms with Crippen molar-refractivity contribution < 1.29 is 9.90 Å². The minimum Gasteiger partial charge on any atom is -0.476 e. The van der Waals surface area contributed by atoms with E-state index in [9.17, 15) is 4.79 Å². The lowest BCUT2D eigenvalue weighted by Crippen LogP contribution is -1.93. The Morgan fingerprint density at radius 3 is 2.70 bits per heavy atom. The Bertz CT molecular complexity index is 247. The van der Waals surface area contributed by atoms with Gasteiger partial charge in [0.15, 0.2) is 4.34 Å². The van der Waals surface area contributed by atoms with E-state index in [1.54, 1.807) is 0 Å². The topological polar surface area (TPSA) is 63.1 Å².